The molecule has 0 aliphatic rings. The predicted molar refractivity (Wildman–Crippen MR) is 80.8 cm³/mol. The summed E-state index contributed by atoms with van der Waals surface area (Å²) in [4.78, 5) is 0. The quantitative estimate of drug-likeness (QED) is 0.882. The van der Waals surface area contributed by atoms with Crippen LogP contribution in [0.15, 0.2) is 53.0 Å². The van der Waals surface area contributed by atoms with E-state index in [0.29, 0.717) is 6.42 Å². The monoisotopic (exact) mass is 323 g/mol. The lowest BCUT2D eigenvalue weighted by molar-refractivity contribution is 0.489. The molecule has 0 saturated carbocycles. The second kappa shape index (κ2) is 5.43. The van der Waals surface area contributed by atoms with Crippen molar-refractivity contribution in [1.82, 2.24) is 0 Å². The van der Waals surface area contributed by atoms with Crippen LogP contribution in [-0.2, 0) is 12.0 Å². The standard InChI is InChI=1S/C15H15BrClN/c1-15(18,12-7-3-4-8-13(12)16)10-11-6-2-5-9-14(11)17/h2-9H,10,18H2,1H3. The van der Waals surface area contributed by atoms with Crippen LogP contribution in [0.1, 0.15) is 18.1 Å². The molecule has 0 aliphatic heterocycles. The van der Waals surface area contributed by atoms with Gasteiger partial charge in [-0.25, -0.2) is 0 Å². The molecular formula is C15H15BrClN. The summed E-state index contributed by atoms with van der Waals surface area (Å²) in [6, 6.07) is 15.9. The first-order valence-corrected chi connectivity index (χ1v) is 6.95. The van der Waals surface area contributed by atoms with Crippen LogP contribution in [0.5, 0.6) is 0 Å². The van der Waals surface area contributed by atoms with Crippen LogP contribution in [0.25, 0.3) is 0 Å². The first-order valence-electron chi connectivity index (χ1n) is 5.78. The maximum Gasteiger partial charge on any atom is 0.0438 e. The number of nitrogens with two attached hydrogens (primary N) is 1. The van der Waals surface area contributed by atoms with Crippen LogP contribution >= 0.6 is 27.5 Å². The molecule has 2 N–H and O–H groups in total. The molecule has 0 fully saturated rings. The highest BCUT2D eigenvalue weighted by atomic mass is 79.9. The van der Waals surface area contributed by atoms with Crippen molar-refractivity contribution in [2.75, 3.05) is 0 Å². The molecule has 2 aromatic carbocycles. The lowest BCUT2D eigenvalue weighted by Gasteiger charge is -2.27. The minimum Gasteiger partial charge on any atom is -0.321 e. The summed E-state index contributed by atoms with van der Waals surface area (Å²) in [6.07, 6.45) is 0.704. The normalized spacial score (nSPS) is 14.2. The molecule has 0 heterocycles. The zero-order chi connectivity index (χ0) is 13.2. The maximum atomic E-state index is 6.45. The van der Waals surface area contributed by atoms with Gasteiger partial charge in [0.1, 0.15) is 0 Å². The van der Waals surface area contributed by atoms with Gasteiger partial charge in [-0.2, -0.15) is 0 Å². The molecule has 0 spiro atoms. The van der Waals surface area contributed by atoms with Gasteiger partial charge in [-0.1, -0.05) is 63.9 Å². The highest BCUT2D eigenvalue weighted by Crippen LogP contribution is 2.30. The van der Waals surface area contributed by atoms with Crippen LogP contribution < -0.4 is 5.73 Å². The minimum absolute atomic E-state index is 0.453. The number of halogens is 2. The molecule has 94 valence electrons. The van der Waals surface area contributed by atoms with Crippen LogP contribution in [0.4, 0.5) is 0 Å². The fourth-order valence-corrected chi connectivity index (χ4v) is 3.00. The van der Waals surface area contributed by atoms with Gasteiger partial charge in [-0.05, 0) is 36.6 Å². The van der Waals surface area contributed by atoms with E-state index in [0.717, 1.165) is 20.6 Å². The Hall–Kier alpha value is -0.830. The third-order valence-corrected chi connectivity index (χ3v) is 4.06. The number of rotatable bonds is 3. The van der Waals surface area contributed by atoms with Gasteiger partial charge in [-0.15, -0.1) is 0 Å². The molecule has 3 heteroatoms. The average Bonchev–Trinajstić information content (AvgIpc) is 2.32. The Balaban J connectivity index is 2.33. The SMILES string of the molecule is CC(N)(Cc1ccccc1Cl)c1ccccc1Br. The number of benzene rings is 2. The van der Waals surface area contributed by atoms with Crippen molar-refractivity contribution in [2.45, 2.75) is 18.9 Å². The fourth-order valence-electron chi connectivity index (χ4n) is 2.06. The van der Waals surface area contributed by atoms with E-state index in [-0.39, 0.29) is 0 Å². The van der Waals surface area contributed by atoms with Crippen molar-refractivity contribution in [3.8, 4) is 0 Å². The zero-order valence-corrected chi connectivity index (χ0v) is 12.5. The third-order valence-electron chi connectivity index (χ3n) is 3.00. The zero-order valence-electron chi connectivity index (χ0n) is 10.2. The summed E-state index contributed by atoms with van der Waals surface area (Å²) in [5, 5.41) is 0.765. The van der Waals surface area contributed by atoms with Crippen LogP contribution in [0, 0.1) is 0 Å². The van der Waals surface area contributed by atoms with E-state index in [4.69, 9.17) is 17.3 Å². The molecule has 2 aromatic rings. The molecule has 18 heavy (non-hydrogen) atoms. The summed E-state index contributed by atoms with van der Waals surface area (Å²) in [6.45, 7) is 2.02. The lowest BCUT2D eigenvalue weighted by atomic mass is 9.86. The van der Waals surface area contributed by atoms with Gasteiger partial charge in [0.2, 0.25) is 0 Å². The molecule has 0 aliphatic carbocycles. The minimum atomic E-state index is -0.453. The van der Waals surface area contributed by atoms with E-state index in [1.807, 2.05) is 55.5 Å². The predicted octanol–water partition coefficient (Wildman–Crippen LogP) is 4.52. The molecule has 0 bridgehead atoms. The van der Waals surface area contributed by atoms with Gasteiger partial charge in [0, 0.05) is 15.0 Å². The topological polar surface area (TPSA) is 26.0 Å². The highest BCUT2D eigenvalue weighted by molar-refractivity contribution is 9.10. The van der Waals surface area contributed by atoms with Crippen LogP contribution in [0.2, 0.25) is 5.02 Å². The Bertz CT molecular complexity index is 552. The first kappa shape index (κ1) is 13.6. The van der Waals surface area contributed by atoms with Crippen LogP contribution in [-0.4, -0.2) is 0 Å². The van der Waals surface area contributed by atoms with Crippen molar-refractivity contribution in [1.29, 1.82) is 0 Å². The van der Waals surface area contributed by atoms with Gasteiger partial charge < -0.3 is 5.73 Å². The van der Waals surface area contributed by atoms with E-state index in [9.17, 15) is 0 Å². The lowest BCUT2D eigenvalue weighted by Crippen LogP contribution is -2.35. The van der Waals surface area contributed by atoms with E-state index in [2.05, 4.69) is 15.9 Å². The Labute approximate surface area is 121 Å². The number of hydrogen-bond donors (Lipinski definition) is 1. The summed E-state index contributed by atoms with van der Waals surface area (Å²) < 4.78 is 1.03. The Morgan fingerprint density at radius 1 is 1.11 bits per heavy atom. The molecule has 0 aromatic heterocycles. The molecule has 2 rings (SSSR count). The van der Waals surface area contributed by atoms with Gasteiger partial charge >= 0.3 is 0 Å². The second-order valence-corrected chi connectivity index (χ2v) is 5.93. The molecule has 1 unspecified atom stereocenters. The average molecular weight is 325 g/mol. The van der Waals surface area contributed by atoms with Gasteiger partial charge in [-0.3, -0.25) is 0 Å². The third kappa shape index (κ3) is 2.94. The molecule has 0 radical (unpaired) electrons. The van der Waals surface area contributed by atoms with Gasteiger partial charge in [0.05, 0.1) is 0 Å². The summed E-state index contributed by atoms with van der Waals surface area (Å²) >= 11 is 9.74. The van der Waals surface area contributed by atoms with Gasteiger partial charge in [0.15, 0.2) is 0 Å². The van der Waals surface area contributed by atoms with Crippen molar-refractivity contribution < 1.29 is 0 Å². The largest absolute Gasteiger partial charge is 0.321 e. The van der Waals surface area contributed by atoms with Crippen molar-refractivity contribution in [3.63, 3.8) is 0 Å². The Kier molecular flexibility index (Phi) is 4.10. The molecule has 0 amide bonds. The second-order valence-electron chi connectivity index (χ2n) is 4.67. The van der Waals surface area contributed by atoms with Gasteiger partial charge in [0.25, 0.3) is 0 Å². The Morgan fingerprint density at radius 3 is 2.39 bits per heavy atom. The first-order chi connectivity index (χ1) is 8.50. The summed E-state index contributed by atoms with van der Waals surface area (Å²) in [5.41, 5.74) is 8.16. The van der Waals surface area contributed by atoms with Crippen LogP contribution in [0.3, 0.4) is 0 Å². The van der Waals surface area contributed by atoms with E-state index >= 15 is 0 Å². The van der Waals surface area contributed by atoms with E-state index < -0.39 is 5.54 Å². The molecular weight excluding hydrogens is 310 g/mol. The van der Waals surface area contributed by atoms with E-state index in [1.54, 1.807) is 0 Å². The smallest absolute Gasteiger partial charge is 0.0438 e. The fraction of sp³-hybridized carbons (Fsp3) is 0.200. The summed E-state index contributed by atoms with van der Waals surface area (Å²) in [5.74, 6) is 0. The van der Waals surface area contributed by atoms with Crippen molar-refractivity contribution >= 4 is 27.5 Å². The highest BCUT2D eigenvalue weighted by Gasteiger charge is 2.24. The molecule has 0 saturated heterocycles. The molecule has 1 nitrogen and oxygen atoms in total. The molecule has 1 atom stereocenters. The van der Waals surface area contributed by atoms with E-state index in [1.165, 1.54) is 0 Å². The Morgan fingerprint density at radius 2 is 1.72 bits per heavy atom. The maximum absolute atomic E-state index is 6.45. The van der Waals surface area contributed by atoms with Crippen molar-refractivity contribution in [3.05, 3.63) is 69.2 Å². The van der Waals surface area contributed by atoms with Crippen molar-refractivity contribution in [2.24, 2.45) is 5.73 Å². The summed E-state index contributed by atoms with van der Waals surface area (Å²) in [7, 11) is 0. The number of hydrogen-bond acceptors (Lipinski definition) is 1.